The summed E-state index contributed by atoms with van der Waals surface area (Å²) in [6.45, 7) is 7.14. The van der Waals surface area contributed by atoms with Crippen LogP contribution in [0.5, 0.6) is 0 Å². The normalized spacial score (nSPS) is 12.6. The summed E-state index contributed by atoms with van der Waals surface area (Å²) in [5.74, 6) is -0.137. The van der Waals surface area contributed by atoms with Crippen molar-refractivity contribution in [2.45, 2.75) is 45.8 Å². The van der Waals surface area contributed by atoms with Crippen LogP contribution in [-0.2, 0) is 9.53 Å². The average Bonchev–Trinajstić information content (AvgIpc) is 2.65. The summed E-state index contributed by atoms with van der Waals surface area (Å²) >= 11 is 1.51. The third-order valence-electron chi connectivity index (χ3n) is 2.06. The van der Waals surface area contributed by atoms with Crippen molar-refractivity contribution >= 4 is 29.0 Å². The van der Waals surface area contributed by atoms with Gasteiger partial charge in [-0.15, -0.1) is 0 Å². The maximum atomic E-state index is 11.7. The fourth-order valence-electron chi connectivity index (χ4n) is 1.39. The number of alkyl carbamates (subject to hydrolysis) is 1. The molecule has 2 amide bonds. The number of anilines is 1. The molecule has 106 valence electrons. The number of ether oxygens (including phenoxy) is 1. The number of amides is 2. The highest BCUT2D eigenvalue weighted by Crippen LogP contribution is 2.12. The van der Waals surface area contributed by atoms with E-state index in [1.54, 1.807) is 27.7 Å². The van der Waals surface area contributed by atoms with Gasteiger partial charge < -0.3 is 15.4 Å². The molecular formula is C13H20N2O3S. The van der Waals surface area contributed by atoms with Crippen molar-refractivity contribution in [2.75, 3.05) is 5.32 Å². The molecule has 1 rings (SSSR count). The van der Waals surface area contributed by atoms with Crippen LogP contribution in [0.25, 0.3) is 0 Å². The first-order valence-corrected chi connectivity index (χ1v) is 7.02. The predicted molar refractivity (Wildman–Crippen MR) is 76.4 cm³/mol. The van der Waals surface area contributed by atoms with Crippen molar-refractivity contribution in [3.05, 3.63) is 16.8 Å². The van der Waals surface area contributed by atoms with E-state index in [1.807, 2.05) is 16.8 Å². The molecule has 1 aromatic rings. The van der Waals surface area contributed by atoms with Crippen molar-refractivity contribution in [3.63, 3.8) is 0 Å². The average molecular weight is 284 g/mol. The molecule has 0 radical (unpaired) electrons. The fraction of sp³-hybridized carbons (Fsp3) is 0.538. The molecule has 0 unspecified atom stereocenters. The van der Waals surface area contributed by atoms with Gasteiger partial charge in [-0.25, -0.2) is 4.79 Å². The molecule has 6 heteroatoms. The third kappa shape index (κ3) is 6.81. The molecule has 0 aliphatic rings. The molecule has 0 saturated carbocycles. The Morgan fingerprint density at radius 2 is 2.11 bits per heavy atom. The van der Waals surface area contributed by atoms with Gasteiger partial charge in [-0.2, -0.15) is 11.3 Å². The smallest absolute Gasteiger partial charge is 0.407 e. The first-order valence-electron chi connectivity index (χ1n) is 6.08. The molecule has 0 aromatic carbocycles. The fourth-order valence-corrected chi connectivity index (χ4v) is 1.97. The van der Waals surface area contributed by atoms with Crippen molar-refractivity contribution in [3.8, 4) is 0 Å². The molecule has 1 aromatic heterocycles. The van der Waals surface area contributed by atoms with E-state index >= 15 is 0 Å². The lowest BCUT2D eigenvalue weighted by Gasteiger charge is -2.21. The number of rotatable bonds is 4. The van der Waals surface area contributed by atoms with Crippen LogP contribution in [0.15, 0.2) is 16.8 Å². The second-order valence-corrected chi connectivity index (χ2v) is 6.09. The van der Waals surface area contributed by atoms with Gasteiger partial charge >= 0.3 is 6.09 Å². The van der Waals surface area contributed by atoms with Gasteiger partial charge in [0.2, 0.25) is 5.91 Å². The van der Waals surface area contributed by atoms with E-state index in [2.05, 4.69) is 10.6 Å². The van der Waals surface area contributed by atoms with Crippen LogP contribution in [0.4, 0.5) is 10.5 Å². The molecule has 1 heterocycles. The molecule has 0 aliphatic carbocycles. The van der Waals surface area contributed by atoms with Crippen molar-refractivity contribution in [2.24, 2.45) is 0 Å². The number of carbonyl (C=O) groups excluding carboxylic acids is 2. The van der Waals surface area contributed by atoms with E-state index in [-0.39, 0.29) is 18.4 Å². The van der Waals surface area contributed by atoms with Crippen molar-refractivity contribution in [1.29, 1.82) is 0 Å². The SMILES string of the molecule is C[C@H](CC(=O)Nc1ccsc1)NC(=O)OC(C)(C)C. The first kappa shape index (κ1) is 15.5. The van der Waals surface area contributed by atoms with Crippen LogP contribution in [0, 0.1) is 0 Å². The minimum atomic E-state index is -0.539. The zero-order valence-corrected chi connectivity index (χ0v) is 12.5. The lowest BCUT2D eigenvalue weighted by atomic mass is 10.2. The highest BCUT2D eigenvalue weighted by molar-refractivity contribution is 7.08. The van der Waals surface area contributed by atoms with E-state index in [0.29, 0.717) is 0 Å². The lowest BCUT2D eigenvalue weighted by molar-refractivity contribution is -0.116. The Balaban J connectivity index is 2.32. The maximum absolute atomic E-state index is 11.7. The van der Waals surface area contributed by atoms with Gasteiger partial charge in [0.15, 0.2) is 0 Å². The predicted octanol–water partition coefficient (Wildman–Crippen LogP) is 2.99. The van der Waals surface area contributed by atoms with Crippen molar-refractivity contribution < 1.29 is 14.3 Å². The minimum Gasteiger partial charge on any atom is -0.444 e. The second-order valence-electron chi connectivity index (χ2n) is 5.31. The largest absolute Gasteiger partial charge is 0.444 e. The van der Waals surface area contributed by atoms with E-state index in [9.17, 15) is 9.59 Å². The summed E-state index contributed by atoms with van der Waals surface area (Å²) in [7, 11) is 0. The van der Waals surface area contributed by atoms with Crippen LogP contribution >= 0.6 is 11.3 Å². The highest BCUT2D eigenvalue weighted by Gasteiger charge is 2.18. The zero-order chi connectivity index (χ0) is 14.5. The van der Waals surface area contributed by atoms with Crippen LogP contribution in [0.1, 0.15) is 34.1 Å². The van der Waals surface area contributed by atoms with Crippen LogP contribution in [0.2, 0.25) is 0 Å². The molecule has 0 spiro atoms. The number of carbonyl (C=O) groups is 2. The Morgan fingerprint density at radius 3 is 2.63 bits per heavy atom. The number of nitrogens with one attached hydrogen (secondary N) is 2. The quantitative estimate of drug-likeness (QED) is 0.893. The Bertz CT molecular complexity index is 424. The number of hydrogen-bond acceptors (Lipinski definition) is 4. The van der Waals surface area contributed by atoms with Crippen LogP contribution in [-0.4, -0.2) is 23.6 Å². The Kier molecular flexibility index (Phi) is 5.35. The summed E-state index contributed by atoms with van der Waals surface area (Å²) in [6.07, 6.45) is -0.307. The molecule has 5 nitrogen and oxygen atoms in total. The Morgan fingerprint density at radius 1 is 1.42 bits per heavy atom. The van der Waals surface area contributed by atoms with E-state index < -0.39 is 11.7 Å². The van der Waals surface area contributed by atoms with E-state index in [4.69, 9.17) is 4.74 Å². The van der Waals surface area contributed by atoms with Crippen molar-refractivity contribution in [1.82, 2.24) is 5.32 Å². The van der Waals surface area contributed by atoms with Gasteiger partial charge in [-0.3, -0.25) is 4.79 Å². The summed E-state index contributed by atoms with van der Waals surface area (Å²) in [5.41, 5.74) is 0.238. The molecule has 0 bridgehead atoms. The number of thiophene rings is 1. The molecular weight excluding hydrogens is 264 g/mol. The van der Waals surface area contributed by atoms with Crippen LogP contribution in [0.3, 0.4) is 0 Å². The maximum Gasteiger partial charge on any atom is 0.407 e. The third-order valence-corrected chi connectivity index (χ3v) is 2.74. The summed E-state index contributed by atoms with van der Waals surface area (Å²) in [4.78, 5) is 23.2. The minimum absolute atomic E-state index is 0.137. The van der Waals surface area contributed by atoms with Gasteiger partial charge in [-0.1, -0.05) is 0 Å². The first-order chi connectivity index (χ1) is 8.76. The summed E-state index contributed by atoms with van der Waals surface area (Å²) in [5, 5.41) is 9.12. The van der Waals surface area contributed by atoms with Gasteiger partial charge in [-0.05, 0) is 39.1 Å². The van der Waals surface area contributed by atoms with Gasteiger partial charge in [0, 0.05) is 17.8 Å². The Labute approximate surface area is 117 Å². The topological polar surface area (TPSA) is 67.4 Å². The molecule has 1 atom stereocenters. The summed E-state index contributed by atoms with van der Waals surface area (Å²) < 4.78 is 5.12. The van der Waals surface area contributed by atoms with Gasteiger partial charge in [0.25, 0.3) is 0 Å². The highest BCUT2D eigenvalue weighted by atomic mass is 32.1. The van der Waals surface area contributed by atoms with Gasteiger partial charge in [0.1, 0.15) is 5.60 Å². The monoisotopic (exact) mass is 284 g/mol. The van der Waals surface area contributed by atoms with E-state index in [0.717, 1.165) is 5.69 Å². The lowest BCUT2D eigenvalue weighted by Crippen LogP contribution is -2.39. The second kappa shape index (κ2) is 6.56. The van der Waals surface area contributed by atoms with Gasteiger partial charge in [0.05, 0.1) is 5.69 Å². The Hall–Kier alpha value is -1.56. The molecule has 0 fully saturated rings. The van der Waals surface area contributed by atoms with E-state index in [1.165, 1.54) is 11.3 Å². The standard InChI is InChI=1S/C13H20N2O3S/c1-9(14-12(17)18-13(2,3)4)7-11(16)15-10-5-6-19-8-10/h5-6,8-9H,7H2,1-4H3,(H,14,17)(H,15,16)/t9-/m1/s1. The summed E-state index contributed by atoms with van der Waals surface area (Å²) in [6, 6.07) is 1.54. The van der Waals surface area contributed by atoms with Crippen LogP contribution < -0.4 is 10.6 Å². The molecule has 19 heavy (non-hydrogen) atoms. The number of hydrogen-bond donors (Lipinski definition) is 2. The molecule has 2 N–H and O–H groups in total. The molecule has 0 aliphatic heterocycles. The molecule has 0 saturated heterocycles. The zero-order valence-electron chi connectivity index (χ0n) is 11.6.